The van der Waals surface area contributed by atoms with Crippen LogP contribution < -0.4 is 5.73 Å². The van der Waals surface area contributed by atoms with Gasteiger partial charge in [0.1, 0.15) is 5.60 Å². The van der Waals surface area contributed by atoms with Crippen LogP contribution in [0.25, 0.3) is 0 Å². The summed E-state index contributed by atoms with van der Waals surface area (Å²) < 4.78 is 6.50. The summed E-state index contributed by atoms with van der Waals surface area (Å²) in [5, 5.41) is 10.2. The molecule has 0 aromatic heterocycles. The fourth-order valence-electron chi connectivity index (χ4n) is 3.27. The smallest absolute Gasteiger partial charge is 0.143 e. The summed E-state index contributed by atoms with van der Waals surface area (Å²) in [6.07, 6.45) is -0.0930. The van der Waals surface area contributed by atoms with Crippen LogP contribution in [-0.4, -0.2) is 24.4 Å². The Morgan fingerprint density at radius 3 is 1.46 bits per heavy atom. The maximum atomic E-state index is 10.2. The Balaban J connectivity index is 2.15. The van der Waals surface area contributed by atoms with Crippen LogP contribution >= 0.6 is 0 Å². The number of rotatable bonds is 8. The van der Waals surface area contributed by atoms with Gasteiger partial charge in [0.15, 0.2) is 0 Å². The van der Waals surface area contributed by atoms with E-state index in [4.69, 9.17) is 10.5 Å². The van der Waals surface area contributed by atoms with Crippen molar-refractivity contribution in [2.24, 2.45) is 5.73 Å². The van der Waals surface area contributed by atoms with Gasteiger partial charge in [-0.05, 0) is 29.7 Å². The van der Waals surface area contributed by atoms with E-state index < -0.39 is 11.7 Å². The molecule has 3 heteroatoms. The van der Waals surface area contributed by atoms with Crippen molar-refractivity contribution in [1.29, 1.82) is 0 Å². The van der Waals surface area contributed by atoms with Gasteiger partial charge in [0, 0.05) is 0 Å². The zero-order valence-corrected chi connectivity index (χ0v) is 14.8. The van der Waals surface area contributed by atoms with E-state index in [1.165, 1.54) is 0 Å². The first-order valence-corrected chi connectivity index (χ1v) is 8.96. The van der Waals surface area contributed by atoms with Crippen LogP contribution in [0.4, 0.5) is 0 Å². The summed E-state index contributed by atoms with van der Waals surface area (Å²) in [5.41, 5.74) is 7.87. The van der Waals surface area contributed by atoms with Gasteiger partial charge in [-0.3, -0.25) is 0 Å². The lowest BCUT2D eigenvalue weighted by Crippen LogP contribution is -2.36. The summed E-state index contributed by atoms with van der Waals surface area (Å²) >= 11 is 0. The van der Waals surface area contributed by atoms with Crippen molar-refractivity contribution in [3.63, 3.8) is 0 Å². The van der Waals surface area contributed by atoms with Crippen LogP contribution in [0.3, 0.4) is 0 Å². The van der Waals surface area contributed by atoms with Gasteiger partial charge in [0.2, 0.25) is 0 Å². The maximum Gasteiger partial charge on any atom is 0.143 e. The van der Waals surface area contributed by atoms with Crippen molar-refractivity contribution in [2.75, 3.05) is 13.2 Å². The van der Waals surface area contributed by atoms with Crippen molar-refractivity contribution >= 4 is 0 Å². The fourth-order valence-corrected chi connectivity index (χ4v) is 3.27. The van der Waals surface area contributed by atoms with Crippen LogP contribution in [-0.2, 0) is 10.3 Å². The molecule has 3 aromatic carbocycles. The molecule has 0 bridgehead atoms. The van der Waals surface area contributed by atoms with Crippen LogP contribution in [0.2, 0.25) is 0 Å². The number of hydrogen-bond donors (Lipinski definition) is 2. The molecule has 0 unspecified atom stereocenters. The normalized spacial score (nSPS) is 12.7. The molecular weight excluding hydrogens is 322 g/mol. The molecule has 1 atom stereocenters. The average Bonchev–Trinajstić information content (AvgIpc) is 2.71. The zero-order valence-electron chi connectivity index (χ0n) is 14.8. The van der Waals surface area contributed by atoms with Gasteiger partial charge < -0.3 is 15.6 Å². The summed E-state index contributed by atoms with van der Waals surface area (Å²) in [6, 6.07) is 30.4. The third-order valence-corrected chi connectivity index (χ3v) is 4.53. The van der Waals surface area contributed by atoms with E-state index in [0.29, 0.717) is 13.0 Å². The monoisotopic (exact) mass is 347 g/mol. The van der Waals surface area contributed by atoms with Crippen molar-refractivity contribution in [1.82, 2.24) is 0 Å². The summed E-state index contributed by atoms with van der Waals surface area (Å²) in [4.78, 5) is 0. The molecule has 0 saturated carbocycles. The molecule has 134 valence electrons. The van der Waals surface area contributed by atoms with E-state index >= 15 is 0 Å². The SMILES string of the molecule is NCC[C@H](O)COC(c1ccccc1)(c1ccccc1)c1ccccc1. The Hall–Kier alpha value is -2.46. The Bertz CT molecular complexity index is 678. The summed E-state index contributed by atoms with van der Waals surface area (Å²) in [5.74, 6) is 0. The second kappa shape index (κ2) is 8.77. The van der Waals surface area contributed by atoms with E-state index in [1.54, 1.807) is 0 Å². The van der Waals surface area contributed by atoms with E-state index in [-0.39, 0.29) is 6.61 Å². The average molecular weight is 347 g/mol. The molecule has 0 aliphatic carbocycles. The first-order valence-electron chi connectivity index (χ1n) is 8.96. The lowest BCUT2D eigenvalue weighted by molar-refractivity contribution is -0.0392. The Morgan fingerprint density at radius 1 is 0.731 bits per heavy atom. The molecule has 0 aliphatic rings. The molecule has 0 amide bonds. The topological polar surface area (TPSA) is 55.5 Å². The Labute approximate surface area is 155 Å². The lowest BCUT2D eigenvalue weighted by Gasteiger charge is -2.36. The number of benzene rings is 3. The highest BCUT2D eigenvalue weighted by atomic mass is 16.5. The third kappa shape index (κ3) is 3.86. The van der Waals surface area contributed by atoms with Crippen LogP contribution in [0.5, 0.6) is 0 Å². The molecule has 3 rings (SSSR count). The highest BCUT2D eigenvalue weighted by Crippen LogP contribution is 2.40. The number of aliphatic hydroxyl groups is 1. The highest BCUT2D eigenvalue weighted by Gasteiger charge is 2.37. The van der Waals surface area contributed by atoms with Gasteiger partial charge >= 0.3 is 0 Å². The molecule has 3 nitrogen and oxygen atoms in total. The number of aliphatic hydroxyl groups excluding tert-OH is 1. The fraction of sp³-hybridized carbons (Fsp3) is 0.217. The molecule has 0 spiro atoms. The zero-order chi connectivity index (χ0) is 18.2. The Kier molecular flexibility index (Phi) is 6.18. The van der Waals surface area contributed by atoms with Crippen molar-refractivity contribution in [2.45, 2.75) is 18.1 Å². The molecule has 0 fully saturated rings. The molecule has 3 aromatic rings. The van der Waals surface area contributed by atoms with E-state index in [1.807, 2.05) is 54.6 Å². The van der Waals surface area contributed by atoms with Gasteiger partial charge in [0.05, 0.1) is 12.7 Å². The van der Waals surface area contributed by atoms with E-state index in [2.05, 4.69) is 36.4 Å². The van der Waals surface area contributed by atoms with E-state index in [9.17, 15) is 5.11 Å². The van der Waals surface area contributed by atoms with Gasteiger partial charge in [0.25, 0.3) is 0 Å². The molecule has 0 aliphatic heterocycles. The standard InChI is InChI=1S/C23H25NO2/c24-17-16-22(25)18-26-23(19-10-4-1-5-11-19,20-12-6-2-7-13-20)21-14-8-3-9-15-21/h1-15,22,25H,16-18,24H2/t22-/m0/s1. The minimum atomic E-state index is -0.792. The second-order valence-corrected chi connectivity index (χ2v) is 6.32. The predicted molar refractivity (Wildman–Crippen MR) is 105 cm³/mol. The number of nitrogens with two attached hydrogens (primary N) is 1. The van der Waals surface area contributed by atoms with Crippen molar-refractivity contribution in [3.05, 3.63) is 108 Å². The molecule has 26 heavy (non-hydrogen) atoms. The van der Waals surface area contributed by atoms with Crippen molar-refractivity contribution < 1.29 is 9.84 Å². The van der Waals surface area contributed by atoms with Crippen LogP contribution in [0.15, 0.2) is 91.0 Å². The molecule has 0 heterocycles. The largest absolute Gasteiger partial charge is 0.391 e. The van der Waals surface area contributed by atoms with Gasteiger partial charge in [-0.15, -0.1) is 0 Å². The quantitative estimate of drug-likeness (QED) is 0.611. The summed E-state index contributed by atoms with van der Waals surface area (Å²) in [7, 11) is 0. The number of ether oxygens (including phenoxy) is 1. The molecular formula is C23H25NO2. The highest BCUT2D eigenvalue weighted by molar-refractivity contribution is 5.47. The predicted octanol–water partition coefficient (Wildman–Crippen LogP) is 3.70. The first kappa shape index (κ1) is 18.3. The van der Waals surface area contributed by atoms with Gasteiger partial charge in [-0.25, -0.2) is 0 Å². The van der Waals surface area contributed by atoms with Gasteiger partial charge in [-0.2, -0.15) is 0 Å². The van der Waals surface area contributed by atoms with Crippen LogP contribution in [0, 0.1) is 0 Å². The first-order chi connectivity index (χ1) is 12.8. The molecule has 3 N–H and O–H groups in total. The van der Waals surface area contributed by atoms with E-state index in [0.717, 1.165) is 16.7 Å². The minimum absolute atomic E-state index is 0.204. The minimum Gasteiger partial charge on any atom is -0.391 e. The number of hydrogen-bond acceptors (Lipinski definition) is 3. The Morgan fingerprint density at radius 2 is 1.12 bits per heavy atom. The second-order valence-electron chi connectivity index (χ2n) is 6.32. The lowest BCUT2D eigenvalue weighted by atomic mass is 9.80. The maximum absolute atomic E-state index is 10.2. The van der Waals surface area contributed by atoms with Crippen molar-refractivity contribution in [3.8, 4) is 0 Å². The van der Waals surface area contributed by atoms with Crippen LogP contribution in [0.1, 0.15) is 23.1 Å². The molecule has 0 saturated heterocycles. The summed E-state index contributed by atoms with van der Waals surface area (Å²) in [6.45, 7) is 0.634. The third-order valence-electron chi connectivity index (χ3n) is 4.53. The molecule has 0 radical (unpaired) electrons. The van der Waals surface area contributed by atoms with Gasteiger partial charge in [-0.1, -0.05) is 91.0 Å².